The van der Waals surface area contributed by atoms with Crippen LogP contribution in [0.1, 0.15) is 25.7 Å². The van der Waals surface area contributed by atoms with Crippen molar-refractivity contribution in [3.05, 3.63) is 0 Å². The third-order valence-corrected chi connectivity index (χ3v) is 3.26. The highest BCUT2D eigenvalue weighted by Gasteiger charge is 2.30. The summed E-state index contributed by atoms with van der Waals surface area (Å²) < 4.78 is 0. The van der Waals surface area contributed by atoms with Gasteiger partial charge in [0.1, 0.15) is 0 Å². The topological polar surface area (TPSA) is 35.5 Å². The first-order valence-corrected chi connectivity index (χ1v) is 5.51. The minimum Gasteiger partial charge on any atom is -0.390 e. The summed E-state index contributed by atoms with van der Waals surface area (Å²) in [5.74, 6) is 0. The van der Waals surface area contributed by atoms with Crippen LogP contribution in [-0.4, -0.2) is 48.3 Å². The molecule has 0 aromatic rings. The molecule has 2 N–H and O–H groups in total. The second-order valence-electron chi connectivity index (χ2n) is 4.24. The van der Waals surface area contributed by atoms with Gasteiger partial charge in [-0.2, -0.15) is 0 Å². The van der Waals surface area contributed by atoms with E-state index < -0.39 is 0 Å². The molecule has 0 aromatic heterocycles. The van der Waals surface area contributed by atoms with Crippen molar-refractivity contribution in [2.75, 3.05) is 26.2 Å². The van der Waals surface area contributed by atoms with Gasteiger partial charge >= 0.3 is 0 Å². The van der Waals surface area contributed by atoms with Crippen molar-refractivity contribution in [1.82, 2.24) is 10.2 Å². The summed E-state index contributed by atoms with van der Waals surface area (Å²) in [6.45, 7) is 4.12. The van der Waals surface area contributed by atoms with Gasteiger partial charge in [-0.25, -0.2) is 0 Å². The number of likely N-dealkylation sites (tertiary alicyclic amines) is 1. The van der Waals surface area contributed by atoms with Crippen molar-refractivity contribution in [3.8, 4) is 0 Å². The number of halogens is 1. The summed E-state index contributed by atoms with van der Waals surface area (Å²) in [6.07, 6.45) is 5.21. The quantitative estimate of drug-likeness (QED) is 0.680. The van der Waals surface area contributed by atoms with Crippen LogP contribution >= 0.6 is 12.4 Å². The largest absolute Gasteiger partial charge is 0.390 e. The molecule has 0 aromatic carbocycles. The molecule has 2 aliphatic heterocycles. The lowest BCUT2D eigenvalue weighted by Crippen LogP contribution is -2.43. The van der Waals surface area contributed by atoms with Crippen molar-refractivity contribution < 1.29 is 5.11 Å². The Morgan fingerprint density at radius 3 is 2.14 bits per heavy atom. The Labute approximate surface area is 92.3 Å². The predicted octanol–water partition coefficient (Wildman–Crippen LogP) is 0.617. The zero-order valence-electron chi connectivity index (χ0n) is 8.61. The van der Waals surface area contributed by atoms with E-state index in [2.05, 4.69) is 10.2 Å². The Kier molecular flexibility index (Phi) is 5.17. The molecule has 0 saturated carbocycles. The Balaban J connectivity index is 0.000000980. The molecule has 0 aliphatic carbocycles. The Hall–Kier alpha value is 0.170. The predicted molar refractivity (Wildman–Crippen MR) is 60.0 cm³/mol. The highest BCUT2D eigenvalue weighted by Crippen LogP contribution is 2.16. The van der Waals surface area contributed by atoms with Gasteiger partial charge in [0, 0.05) is 19.1 Å². The molecule has 2 fully saturated rings. The SMILES string of the molecule is Cl.O[C@@H]1CNC[C@H]1N1CCCCCC1. The van der Waals surface area contributed by atoms with Gasteiger partial charge in [0.15, 0.2) is 0 Å². The van der Waals surface area contributed by atoms with E-state index in [1.165, 1.54) is 38.8 Å². The average Bonchev–Trinajstić information content (AvgIpc) is 2.43. The lowest BCUT2D eigenvalue weighted by molar-refractivity contribution is 0.0853. The monoisotopic (exact) mass is 220 g/mol. The molecule has 2 atom stereocenters. The molecule has 0 amide bonds. The first kappa shape index (κ1) is 12.2. The summed E-state index contributed by atoms with van der Waals surface area (Å²) in [5, 5.41) is 13.0. The number of nitrogens with one attached hydrogen (secondary N) is 1. The van der Waals surface area contributed by atoms with Crippen LogP contribution in [0.4, 0.5) is 0 Å². The zero-order valence-corrected chi connectivity index (χ0v) is 9.43. The lowest BCUT2D eigenvalue weighted by atomic mass is 10.2. The van der Waals surface area contributed by atoms with Gasteiger partial charge < -0.3 is 10.4 Å². The fourth-order valence-corrected chi connectivity index (χ4v) is 2.45. The number of rotatable bonds is 1. The van der Waals surface area contributed by atoms with Crippen molar-refractivity contribution in [1.29, 1.82) is 0 Å². The van der Waals surface area contributed by atoms with Gasteiger partial charge in [0.25, 0.3) is 0 Å². The number of hydrogen-bond donors (Lipinski definition) is 2. The number of aliphatic hydroxyl groups excluding tert-OH is 1. The Morgan fingerprint density at radius 1 is 1.00 bits per heavy atom. The molecule has 14 heavy (non-hydrogen) atoms. The fourth-order valence-electron chi connectivity index (χ4n) is 2.45. The molecule has 0 spiro atoms. The van der Waals surface area contributed by atoms with Gasteiger partial charge in [-0.05, 0) is 25.9 Å². The second-order valence-corrected chi connectivity index (χ2v) is 4.24. The maximum Gasteiger partial charge on any atom is 0.0831 e. The van der Waals surface area contributed by atoms with E-state index in [1.807, 2.05) is 0 Å². The minimum absolute atomic E-state index is 0. The van der Waals surface area contributed by atoms with Crippen molar-refractivity contribution in [2.24, 2.45) is 0 Å². The van der Waals surface area contributed by atoms with E-state index >= 15 is 0 Å². The number of β-amino-alcohol motifs (C(OH)–C–C–N with tert-alkyl or cyclic N) is 1. The van der Waals surface area contributed by atoms with E-state index in [-0.39, 0.29) is 18.5 Å². The Bertz CT molecular complexity index is 160. The van der Waals surface area contributed by atoms with Gasteiger partial charge in [0.05, 0.1) is 6.10 Å². The molecule has 3 nitrogen and oxygen atoms in total. The van der Waals surface area contributed by atoms with Crippen molar-refractivity contribution in [3.63, 3.8) is 0 Å². The van der Waals surface area contributed by atoms with E-state index in [1.54, 1.807) is 0 Å². The summed E-state index contributed by atoms with van der Waals surface area (Å²) in [5.41, 5.74) is 0. The first-order chi connectivity index (χ1) is 6.38. The van der Waals surface area contributed by atoms with Gasteiger partial charge in [-0.3, -0.25) is 4.90 Å². The Morgan fingerprint density at radius 2 is 1.64 bits per heavy atom. The van der Waals surface area contributed by atoms with Crippen LogP contribution in [-0.2, 0) is 0 Å². The summed E-state index contributed by atoms with van der Waals surface area (Å²) in [4.78, 5) is 2.47. The molecule has 2 saturated heterocycles. The molecule has 0 bridgehead atoms. The second kappa shape index (κ2) is 5.91. The maximum absolute atomic E-state index is 9.73. The average molecular weight is 221 g/mol. The van der Waals surface area contributed by atoms with Crippen LogP contribution < -0.4 is 5.32 Å². The number of hydrogen-bond acceptors (Lipinski definition) is 3. The standard InChI is InChI=1S/C10H20N2O.ClH/c13-10-8-11-7-9(10)12-5-3-1-2-4-6-12;/h9-11,13H,1-8H2;1H/t9-,10-;/m1./s1. The first-order valence-electron chi connectivity index (χ1n) is 5.51. The fraction of sp³-hybridized carbons (Fsp3) is 1.00. The highest BCUT2D eigenvalue weighted by molar-refractivity contribution is 5.85. The third-order valence-electron chi connectivity index (χ3n) is 3.26. The highest BCUT2D eigenvalue weighted by atomic mass is 35.5. The van der Waals surface area contributed by atoms with Gasteiger partial charge in [-0.15, -0.1) is 12.4 Å². The lowest BCUT2D eigenvalue weighted by Gasteiger charge is -2.28. The van der Waals surface area contributed by atoms with Crippen molar-refractivity contribution in [2.45, 2.75) is 37.8 Å². The normalized spacial score (nSPS) is 34.9. The molecule has 2 heterocycles. The third kappa shape index (κ3) is 2.83. The minimum atomic E-state index is -0.141. The molecule has 2 rings (SSSR count). The molecule has 4 heteroatoms. The van der Waals surface area contributed by atoms with Crippen LogP contribution in [0.2, 0.25) is 0 Å². The molecular formula is C10H21ClN2O. The van der Waals surface area contributed by atoms with Crippen LogP contribution in [0.15, 0.2) is 0 Å². The number of aliphatic hydroxyl groups is 1. The van der Waals surface area contributed by atoms with E-state index in [0.29, 0.717) is 6.04 Å². The van der Waals surface area contributed by atoms with Gasteiger partial charge in [0.2, 0.25) is 0 Å². The molecule has 0 unspecified atom stereocenters. The molecule has 84 valence electrons. The maximum atomic E-state index is 9.73. The molecule has 0 radical (unpaired) electrons. The van der Waals surface area contributed by atoms with Crippen LogP contribution in [0, 0.1) is 0 Å². The summed E-state index contributed by atoms with van der Waals surface area (Å²) >= 11 is 0. The van der Waals surface area contributed by atoms with E-state index in [9.17, 15) is 5.11 Å². The van der Waals surface area contributed by atoms with Crippen LogP contribution in [0.25, 0.3) is 0 Å². The van der Waals surface area contributed by atoms with Crippen molar-refractivity contribution >= 4 is 12.4 Å². The zero-order chi connectivity index (χ0) is 9.10. The molecular weight excluding hydrogens is 200 g/mol. The molecule has 2 aliphatic rings. The number of nitrogens with zero attached hydrogens (tertiary/aromatic N) is 1. The van der Waals surface area contributed by atoms with Crippen LogP contribution in [0.5, 0.6) is 0 Å². The van der Waals surface area contributed by atoms with E-state index in [4.69, 9.17) is 0 Å². The van der Waals surface area contributed by atoms with Crippen LogP contribution in [0.3, 0.4) is 0 Å². The summed E-state index contributed by atoms with van der Waals surface area (Å²) in [7, 11) is 0. The summed E-state index contributed by atoms with van der Waals surface area (Å²) in [6, 6.07) is 0.387. The van der Waals surface area contributed by atoms with Gasteiger partial charge in [-0.1, -0.05) is 12.8 Å². The van der Waals surface area contributed by atoms with E-state index in [0.717, 1.165) is 13.1 Å². The smallest absolute Gasteiger partial charge is 0.0831 e.